The second-order valence-electron chi connectivity index (χ2n) is 4.52. The maximum absolute atomic E-state index is 11.4. The SMILES string of the molecule is CC(N)C(=O)Nc1ccc(N2CCCC2)cc1. The Bertz CT molecular complexity index is 380. The van der Waals surface area contributed by atoms with Gasteiger partial charge in [-0.1, -0.05) is 0 Å². The van der Waals surface area contributed by atoms with Gasteiger partial charge in [0.05, 0.1) is 6.04 Å². The fraction of sp³-hybridized carbons (Fsp3) is 0.462. The molecule has 1 aliphatic heterocycles. The van der Waals surface area contributed by atoms with Crippen LogP contribution in [0.5, 0.6) is 0 Å². The third kappa shape index (κ3) is 2.97. The summed E-state index contributed by atoms with van der Waals surface area (Å²) in [6.07, 6.45) is 2.53. The summed E-state index contributed by atoms with van der Waals surface area (Å²) in [4.78, 5) is 13.8. The van der Waals surface area contributed by atoms with E-state index in [2.05, 4.69) is 10.2 Å². The van der Waals surface area contributed by atoms with Crippen LogP contribution in [0.15, 0.2) is 24.3 Å². The van der Waals surface area contributed by atoms with E-state index >= 15 is 0 Å². The Morgan fingerprint density at radius 2 is 1.88 bits per heavy atom. The number of hydrogen-bond acceptors (Lipinski definition) is 3. The molecule has 1 saturated heterocycles. The lowest BCUT2D eigenvalue weighted by atomic mass is 10.2. The van der Waals surface area contributed by atoms with Crippen LogP contribution in [0.3, 0.4) is 0 Å². The lowest BCUT2D eigenvalue weighted by Crippen LogP contribution is -2.32. The predicted octanol–water partition coefficient (Wildman–Crippen LogP) is 1.57. The molecule has 0 spiro atoms. The van der Waals surface area contributed by atoms with E-state index in [1.807, 2.05) is 24.3 Å². The van der Waals surface area contributed by atoms with Gasteiger partial charge in [-0.3, -0.25) is 4.79 Å². The lowest BCUT2D eigenvalue weighted by Gasteiger charge is -2.18. The Hall–Kier alpha value is -1.55. The van der Waals surface area contributed by atoms with E-state index in [1.54, 1.807) is 6.92 Å². The first kappa shape index (κ1) is 11.9. The molecule has 1 aromatic rings. The van der Waals surface area contributed by atoms with Crippen LogP contribution in [-0.2, 0) is 4.79 Å². The molecular weight excluding hydrogens is 214 g/mol. The van der Waals surface area contributed by atoms with Crippen LogP contribution in [0.25, 0.3) is 0 Å². The molecule has 0 saturated carbocycles. The molecule has 3 N–H and O–H groups in total. The van der Waals surface area contributed by atoms with E-state index in [0.717, 1.165) is 18.8 Å². The van der Waals surface area contributed by atoms with Gasteiger partial charge in [-0.05, 0) is 44.0 Å². The normalized spacial score (nSPS) is 16.9. The highest BCUT2D eigenvalue weighted by Gasteiger charge is 2.12. The van der Waals surface area contributed by atoms with Crippen molar-refractivity contribution in [3.63, 3.8) is 0 Å². The van der Waals surface area contributed by atoms with Crippen molar-refractivity contribution in [1.29, 1.82) is 0 Å². The minimum Gasteiger partial charge on any atom is -0.372 e. The molecule has 0 bridgehead atoms. The van der Waals surface area contributed by atoms with Crippen LogP contribution < -0.4 is 16.0 Å². The first-order valence-electron chi connectivity index (χ1n) is 6.08. The summed E-state index contributed by atoms with van der Waals surface area (Å²) < 4.78 is 0. The fourth-order valence-corrected chi connectivity index (χ4v) is 1.99. The third-order valence-electron chi connectivity index (χ3n) is 3.02. The summed E-state index contributed by atoms with van der Waals surface area (Å²) in [7, 11) is 0. The van der Waals surface area contributed by atoms with Crippen LogP contribution in [0.1, 0.15) is 19.8 Å². The van der Waals surface area contributed by atoms with E-state index in [1.165, 1.54) is 18.5 Å². The van der Waals surface area contributed by atoms with Gasteiger partial charge in [-0.15, -0.1) is 0 Å². The highest BCUT2D eigenvalue weighted by atomic mass is 16.2. The summed E-state index contributed by atoms with van der Waals surface area (Å²) in [5, 5.41) is 2.78. The van der Waals surface area contributed by atoms with Crippen molar-refractivity contribution in [2.24, 2.45) is 5.73 Å². The number of carbonyl (C=O) groups excluding carboxylic acids is 1. The number of amides is 1. The van der Waals surface area contributed by atoms with E-state index in [9.17, 15) is 4.79 Å². The van der Waals surface area contributed by atoms with Gasteiger partial charge >= 0.3 is 0 Å². The molecule has 0 radical (unpaired) electrons. The van der Waals surface area contributed by atoms with Gasteiger partial charge in [0.2, 0.25) is 5.91 Å². The lowest BCUT2D eigenvalue weighted by molar-refractivity contribution is -0.117. The molecule has 0 aromatic heterocycles. The molecule has 4 heteroatoms. The number of benzene rings is 1. The molecule has 4 nitrogen and oxygen atoms in total. The molecule has 1 aromatic carbocycles. The Balaban J connectivity index is 2.00. The average Bonchev–Trinajstić information content (AvgIpc) is 2.83. The van der Waals surface area contributed by atoms with Crippen molar-refractivity contribution < 1.29 is 4.79 Å². The highest BCUT2D eigenvalue weighted by Crippen LogP contribution is 2.21. The molecule has 0 aliphatic carbocycles. The van der Waals surface area contributed by atoms with Crippen LogP contribution in [0.2, 0.25) is 0 Å². The van der Waals surface area contributed by atoms with Crippen molar-refractivity contribution in [2.75, 3.05) is 23.3 Å². The minimum atomic E-state index is -0.478. The Morgan fingerprint density at radius 3 is 2.41 bits per heavy atom. The summed E-state index contributed by atoms with van der Waals surface area (Å²) in [5.74, 6) is -0.154. The number of anilines is 2. The van der Waals surface area contributed by atoms with Crippen molar-refractivity contribution >= 4 is 17.3 Å². The Morgan fingerprint density at radius 1 is 1.29 bits per heavy atom. The van der Waals surface area contributed by atoms with Gasteiger partial charge in [0.15, 0.2) is 0 Å². The third-order valence-corrected chi connectivity index (χ3v) is 3.02. The zero-order valence-corrected chi connectivity index (χ0v) is 10.1. The smallest absolute Gasteiger partial charge is 0.240 e. The molecule has 1 aliphatic rings. The van der Waals surface area contributed by atoms with Crippen LogP contribution >= 0.6 is 0 Å². The topological polar surface area (TPSA) is 58.4 Å². The zero-order valence-electron chi connectivity index (χ0n) is 10.1. The van der Waals surface area contributed by atoms with Gasteiger partial charge < -0.3 is 16.0 Å². The second-order valence-corrected chi connectivity index (χ2v) is 4.52. The Labute approximate surface area is 102 Å². The van der Waals surface area contributed by atoms with Crippen molar-refractivity contribution in [1.82, 2.24) is 0 Å². The monoisotopic (exact) mass is 233 g/mol. The quantitative estimate of drug-likeness (QED) is 0.833. The van der Waals surface area contributed by atoms with Crippen LogP contribution in [0, 0.1) is 0 Å². The van der Waals surface area contributed by atoms with Gasteiger partial charge in [-0.2, -0.15) is 0 Å². The van der Waals surface area contributed by atoms with Crippen LogP contribution in [0.4, 0.5) is 11.4 Å². The van der Waals surface area contributed by atoms with Gasteiger partial charge in [-0.25, -0.2) is 0 Å². The van der Waals surface area contributed by atoms with Gasteiger partial charge in [0.25, 0.3) is 0 Å². The molecule has 1 fully saturated rings. The van der Waals surface area contributed by atoms with E-state index < -0.39 is 6.04 Å². The number of nitrogens with two attached hydrogens (primary N) is 1. The first-order valence-corrected chi connectivity index (χ1v) is 6.08. The largest absolute Gasteiger partial charge is 0.372 e. The molecule has 1 amide bonds. The molecular formula is C13H19N3O. The number of nitrogens with zero attached hydrogens (tertiary/aromatic N) is 1. The zero-order chi connectivity index (χ0) is 12.3. The highest BCUT2D eigenvalue weighted by molar-refractivity contribution is 5.94. The van der Waals surface area contributed by atoms with E-state index in [-0.39, 0.29) is 5.91 Å². The fourth-order valence-electron chi connectivity index (χ4n) is 1.99. The van der Waals surface area contributed by atoms with Gasteiger partial charge in [0, 0.05) is 24.5 Å². The first-order chi connectivity index (χ1) is 8.16. The van der Waals surface area contributed by atoms with E-state index in [0.29, 0.717) is 0 Å². The minimum absolute atomic E-state index is 0.154. The van der Waals surface area contributed by atoms with Crippen molar-refractivity contribution in [3.8, 4) is 0 Å². The number of nitrogens with one attached hydrogen (secondary N) is 1. The summed E-state index contributed by atoms with van der Waals surface area (Å²) in [5.41, 5.74) is 7.52. The summed E-state index contributed by atoms with van der Waals surface area (Å²) in [6.45, 7) is 3.94. The molecule has 1 heterocycles. The number of hydrogen-bond donors (Lipinski definition) is 2. The molecule has 1 atom stereocenters. The maximum Gasteiger partial charge on any atom is 0.240 e. The van der Waals surface area contributed by atoms with Crippen LogP contribution in [-0.4, -0.2) is 25.0 Å². The van der Waals surface area contributed by atoms with Crippen molar-refractivity contribution in [2.45, 2.75) is 25.8 Å². The van der Waals surface area contributed by atoms with Crippen molar-refractivity contribution in [3.05, 3.63) is 24.3 Å². The molecule has 17 heavy (non-hydrogen) atoms. The summed E-state index contributed by atoms with van der Waals surface area (Å²) >= 11 is 0. The molecule has 2 rings (SSSR count). The molecule has 92 valence electrons. The van der Waals surface area contributed by atoms with E-state index in [4.69, 9.17) is 5.73 Å². The Kier molecular flexibility index (Phi) is 3.64. The predicted molar refractivity (Wildman–Crippen MR) is 70.2 cm³/mol. The number of carbonyl (C=O) groups is 1. The second kappa shape index (κ2) is 5.19. The summed E-state index contributed by atoms with van der Waals surface area (Å²) in [6, 6.07) is 7.46. The van der Waals surface area contributed by atoms with Gasteiger partial charge in [0.1, 0.15) is 0 Å². The maximum atomic E-state index is 11.4. The number of rotatable bonds is 3. The standard InChI is InChI=1S/C13H19N3O/c1-10(14)13(17)15-11-4-6-12(7-5-11)16-8-2-3-9-16/h4-7,10H,2-3,8-9,14H2,1H3,(H,15,17). The molecule has 1 unspecified atom stereocenters. The average molecular weight is 233 g/mol.